The summed E-state index contributed by atoms with van der Waals surface area (Å²) in [5, 5.41) is 0. The SMILES string of the molecule is [2H][C@@H]1CCCN(c2cccc3scnc23)C1. The summed E-state index contributed by atoms with van der Waals surface area (Å²) in [4.78, 5) is 6.74. The van der Waals surface area contributed by atoms with Crippen LogP contribution < -0.4 is 4.90 Å². The van der Waals surface area contributed by atoms with Gasteiger partial charge < -0.3 is 4.90 Å². The van der Waals surface area contributed by atoms with Crippen LogP contribution in [0, 0.1) is 0 Å². The third kappa shape index (κ3) is 1.61. The zero-order valence-electron chi connectivity index (χ0n) is 9.52. The molecule has 1 saturated heterocycles. The summed E-state index contributed by atoms with van der Waals surface area (Å²) in [6, 6.07) is 6.32. The van der Waals surface area contributed by atoms with Crippen molar-refractivity contribution in [1.82, 2.24) is 4.98 Å². The topological polar surface area (TPSA) is 16.1 Å². The van der Waals surface area contributed by atoms with Gasteiger partial charge in [-0.25, -0.2) is 4.98 Å². The molecule has 0 radical (unpaired) electrons. The summed E-state index contributed by atoms with van der Waals surface area (Å²) in [7, 11) is 0. The van der Waals surface area contributed by atoms with Crippen LogP contribution >= 0.6 is 11.3 Å². The first kappa shape index (κ1) is 8.11. The number of benzene rings is 1. The molecule has 0 aliphatic carbocycles. The third-order valence-corrected chi connectivity index (χ3v) is 3.66. The number of rotatable bonds is 1. The lowest BCUT2D eigenvalue weighted by atomic mass is 10.1. The Balaban J connectivity index is 2.01. The lowest BCUT2D eigenvalue weighted by Gasteiger charge is -2.28. The second-order valence-corrected chi connectivity index (χ2v) is 4.74. The lowest BCUT2D eigenvalue weighted by Crippen LogP contribution is -2.29. The number of piperidine rings is 1. The van der Waals surface area contributed by atoms with E-state index in [0.29, 0.717) is 0 Å². The summed E-state index contributed by atoms with van der Waals surface area (Å²) in [6.07, 6.45) is 2.21. The molecule has 1 aromatic heterocycles. The fourth-order valence-corrected chi connectivity index (χ4v) is 2.81. The maximum Gasteiger partial charge on any atom is 0.104 e. The Bertz CT molecular complexity index is 496. The van der Waals surface area contributed by atoms with E-state index in [1.165, 1.54) is 10.4 Å². The number of aromatic nitrogens is 1. The van der Waals surface area contributed by atoms with E-state index in [-0.39, 0.29) is 6.40 Å². The van der Waals surface area contributed by atoms with Crippen LogP contribution in [0.3, 0.4) is 0 Å². The van der Waals surface area contributed by atoms with E-state index >= 15 is 0 Å². The molecule has 2 heterocycles. The van der Waals surface area contributed by atoms with E-state index in [0.717, 1.165) is 31.4 Å². The van der Waals surface area contributed by atoms with E-state index in [1.54, 1.807) is 11.3 Å². The van der Waals surface area contributed by atoms with Gasteiger partial charge in [0.2, 0.25) is 0 Å². The minimum atomic E-state index is 0.0580. The molecule has 15 heavy (non-hydrogen) atoms. The lowest BCUT2D eigenvalue weighted by molar-refractivity contribution is 0.579. The second-order valence-electron chi connectivity index (χ2n) is 3.85. The van der Waals surface area contributed by atoms with Crippen LogP contribution in [0.15, 0.2) is 23.7 Å². The molecule has 1 aliphatic heterocycles. The van der Waals surface area contributed by atoms with Crippen LogP contribution in [0.2, 0.25) is 0 Å². The molecule has 3 rings (SSSR count). The van der Waals surface area contributed by atoms with Crippen LogP contribution in [0.1, 0.15) is 20.6 Å². The fraction of sp³-hybridized carbons (Fsp3) is 0.417. The number of anilines is 1. The number of hydrogen-bond donors (Lipinski definition) is 0. The van der Waals surface area contributed by atoms with Crippen molar-refractivity contribution < 1.29 is 1.37 Å². The molecule has 78 valence electrons. The molecule has 3 heteroatoms. The molecule has 0 bridgehead atoms. The van der Waals surface area contributed by atoms with Gasteiger partial charge in [0.1, 0.15) is 5.52 Å². The highest BCUT2D eigenvalue weighted by atomic mass is 32.1. The fourth-order valence-electron chi connectivity index (χ4n) is 2.11. The molecule has 0 unspecified atom stereocenters. The van der Waals surface area contributed by atoms with Gasteiger partial charge in [-0.3, -0.25) is 0 Å². The molecule has 2 aromatic rings. The third-order valence-electron chi connectivity index (χ3n) is 2.87. The van der Waals surface area contributed by atoms with Gasteiger partial charge in [0.25, 0.3) is 0 Å². The van der Waals surface area contributed by atoms with Gasteiger partial charge in [0, 0.05) is 14.5 Å². The Morgan fingerprint density at radius 2 is 2.33 bits per heavy atom. The Labute approximate surface area is 95.0 Å². The summed E-state index contributed by atoms with van der Waals surface area (Å²) in [5.41, 5.74) is 4.20. The maximum absolute atomic E-state index is 7.86. The average molecular weight is 219 g/mol. The van der Waals surface area contributed by atoms with Gasteiger partial charge in [-0.2, -0.15) is 0 Å². The standard InChI is InChI=1S/C12H14N2S/c1-2-7-14(8-3-1)10-5-4-6-11-12(10)13-9-15-11/h4-6,9H,1-3,7-8H2/i2D/t2-/m1/s1. The van der Waals surface area contributed by atoms with Gasteiger partial charge in [-0.1, -0.05) is 6.07 Å². The molecule has 1 fully saturated rings. The summed E-state index contributed by atoms with van der Waals surface area (Å²) in [5.74, 6) is 0. The van der Waals surface area contributed by atoms with Crippen molar-refractivity contribution in [3.05, 3.63) is 23.7 Å². The molecule has 0 saturated carbocycles. The van der Waals surface area contributed by atoms with Crippen molar-refractivity contribution in [3.63, 3.8) is 0 Å². The van der Waals surface area contributed by atoms with Crippen molar-refractivity contribution in [3.8, 4) is 0 Å². The predicted molar refractivity (Wildman–Crippen MR) is 65.7 cm³/mol. The Morgan fingerprint density at radius 1 is 1.33 bits per heavy atom. The minimum absolute atomic E-state index is 0.0580. The monoisotopic (exact) mass is 219 g/mol. The second kappa shape index (κ2) is 3.81. The van der Waals surface area contributed by atoms with E-state index < -0.39 is 0 Å². The van der Waals surface area contributed by atoms with Crippen molar-refractivity contribution in [2.24, 2.45) is 0 Å². The largest absolute Gasteiger partial charge is 0.370 e. The molecular formula is C12H14N2S. The zero-order valence-corrected chi connectivity index (χ0v) is 9.33. The molecule has 1 aliphatic rings. The first-order valence-electron chi connectivity index (χ1n) is 5.92. The molecule has 0 amide bonds. The highest BCUT2D eigenvalue weighted by Crippen LogP contribution is 2.29. The number of para-hydroxylation sites is 1. The molecule has 1 atom stereocenters. The van der Waals surface area contributed by atoms with Gasteiger partial charge in [0.15, 0.2) is 0 Å². The number of fused-ring (bicyclic) bond motifs is 1. The highest BCUT2D eigenvalue weighted by molar-refractivity contribution is 7.16. The average Bonchev–Trinajstić information content (AvgIpc) is 2.76. The van der Waals surface area contributed by atoms with Crippen molar-refractivity contribution in [1.29, 1.82) is 0 Å². The van der Waals surface area contributed by atoms with Crippen molar-refractivity contribution >= 4 is 27.2 Å². The zero-order chi connectivity index (χ0) is 11.0. The van der Waals surface area contributed by atoms with E-state index in [4.69, 9.17) is 1.37 Å². The molecule has 1 aromatic carbocycles. The maximum atomic E-state index is 7.86. The first-order valence-corrected chi connectivity index (χ1v) is 6.22. The van der Waals surface area contributed by atoms with Gasteiger partial charge in [0.05, 0.1) is 15.9 Å². The Morgan fingerprint density at radius 3 is 3.27 bits per heavy atom. The molecular weight excluding hydrogens is 204 g/mol. The highest BCUT2D eigenvalue weighted by Gasteiger charge is 2.14. The van der Waals surface area contributed by atoms with Gasteiger partial charge >= 0.3 is 0 Å². The minimum Gasteiger partial charge on any atom is -0.370 e. The number of nitrogens with zero attached hydrogens (tertiary/aromatic N) is 2. The van der Waals surface area contributed by atoms with Gasteiger partial charge in [-0.05, 0) is 31.4 Å². The van der Waals surface area contributed by atoms with Crippen molar-refractivity contribution in [2.75, 3.05) is 18.0 Å². The van der Waals surface area contributed by atoms with E-state index in [2.05, 4.69) is 28.1 Å². The number of thiazole rings is 1. The normalized spacial score (nSPS) is 23.1. The smallest absolute Gasteiger partial charge is 0.104 e. The summed E-state index contributed by atoms with van der Waals surface area (Å²) >= 11 is 1.68. The summed E-state index contributed by atoms with van der Waals surface area (Å²) < 4.78 is 9.10. The van der Waals surface area contributed by atoms with Crippen LogP contribution in [0.5, 0.6) is 0 Å². The van der Waals surface area contributed by atoms with E-state index in [9.17, 15) is 0 Å². The predicted octanol–water partition coefficient (Wildman–Crippen LogP) is 3.29. The van der Waals surface area contributed by atoms with E-state index in [1.807, 2.05) is 5.51 Å². The Hall–Kier alpha value is -1.09. The molecule has 0 N–H and O–H groups in total. The van der Waals surface area contributed by atoms with Crippen molar-refractivity contribution in [2.45, 2.75) is 19.2 Å². The summed E-state index contributed by atoms with van der Waals surface area (Å²) in [6.45, 7) is 1.91. The van der Waals surface area contributed by atoms with Crippen LogP contribution in [0.4, 0.5) is 5.69 Å². The van der Waals surface area contributed by atoms with Crippen LogP contribution in [-0.4, -0.2) is 18.1 Å². The van der Waals surface area contributed by atoms with Crippen LogP contribution in [0.25, 0.3) is 10.2 Å². The molecule has 0 spiro atoms. The van der Waals surface area contributed by atoms with Gasteiger partial charge in [-0.15, -0.1) is 11.3 Å². The first-order chi connectivity index (χ1) is 7.84. The Kier molecular flexibility index (Phi) is 2.06. The number of hydrogen-bond acceptors (Lipinski definition) is 3. The quantitative estimate of drug-likeness (QED) is 0.731. The van der Waals surface area contributed by atoms with Crippen LogP contribution in [-0.2, 0) is 0 Å². The molecule has 2 nitrogen and oxygen atoms in total.